The first-order valence-corrected chi connectivity index (χ1v) is 12.0. The third kappa shape index (κ3) is 6.02. The molecule has 7 nitrogen and oxygen atoms in total. The fourth-order valence-corrected chi connectivity index (χ4v) is 5.44. The molecule has 29 heavy (non-hydrogen) atoms. The smallest absolute Gasteiger partial charge is 0.338 e. The van der Waals surface area contributed by atoms with E-state index in [4.69, 9.17) is 4.74 Å². The lowest BCUT2D eigenvalue weighted by Gasteiger charge is -2.22. The monoisotopic (exact) mass is 422 g/mol. The van der Waals surface area contributed by atoms with Crippen molar-refractivity contribution < 1.29 is 22.7 Å². The molecule has 1 saturated carbocycles. The highest BCUT2D eigenvalue weighted by Crippen LogP contribution is 2.21. The van der Waals surface area contributed by atoms with E-state index < -0.39 is 16.0 Å². The van der Waals surface area contributed by atoms with Gasteiger partial charge in [-0.3, -0.25) is 4.79 Å². The molecule has 0 aromatic heterocycles. The summed E-state index contributed by atoms with van der Waals surface area (Å²) < 4.78 is 32.2. The molecule has 1 N–H and O–H groups in total. The highest BCUT2D eigenvalue weighted by atomic mass is 32.2. The number of rotatable bonds is 6. The maximum atomic E-state index is 12.8. The van der Waals surface area contributed by atoms with Crippen molar-refractivity contribution in [3.63, 3.8) is 0 Å². The molecule has 0 unspecified atom stereocenters. The van der Waals surface area contributed by atoms with Gasteiger partial charge in [-0.15, -0.1) is 0 Å². The number of ether oxygens (including phenoxy) is 1. The van der Waals surface area contributed by atoms with Crippen LogP contribution in [0.4, 0.5) is 0 Å². The van der Waals surface area contributed by atoms with Crippen molar-refractivity contribution in [1.29, 1.82) is 0 Å². The van der Waals surface area contributed by atoms with Crippen LogP contribution in [0.3, 0.4) is 0 Å². The first kappa shape index (κ1) is 21.8. The van der Waals surface area contributed by atoms with E-state index in [1.165, 1.54) is 35.0 Å². The van der Waals surface area contributed by atoms with Crippen molar-refractivity contribution in [2.75, 3.05) is 19.7 Å². The Hall–Kier alpha value is -1.93. The lowest BCUT2D eigenvalue weighted by atomic mass is 9.95. The lowest BCUT2D eigenvalue weighted by molar-refractivity contribution is -0.125. The van der Waals surface area contributed by atoms with Gasteiger partial charge in [-0.1, -0.05) is 32.1 Å². The quantitative estimate of drug-likeness (QED) is 0.712. The van der Waals surface area contributed by atoms with Crippen LogP contribution < -0.4 is 5.32 Å². The normalized spacial score (nSPS) is 19.3. The van der Waals surface area contributed by atoms with Crippen LogP contribution in [0.25, 0.3) is 0 Å². The minimum atomic E-state index is -3.55. The number of carbonyl (C=O) groups is 2. The molecule has 1 saturated heterocycles. The number of esters is 1. The van der Waals surface area contributed by atoms with Crippen molar-refractivity contribution in [2.45, 2.75) is 68.7 Å². The van der Waals surface area contributed by atoms with E-state index in [0.29, 0.717) is 13.1 Å². The van der Waals surface area contributed by atoms with Gasteiger partial charge in [-0.2, -0.15) is 4.31 Å². The van der Waals surface area contributed by atoms with Gasteiger partial charge in [-0.05, 0) is 49.9 Å². The molecule has 1 aliphatic carbocycles. The maximum Gasteiger partial charge on any atom is 0.338 e. The molecule has 0 bridgehead atoms. The van der Waals surface area contributed by atoms with Crippen LogP contribution in [0.5, 0.6) is 0 Å². The Kier molecular flexibility index (Phi) is 7.66. The molecule has 3 rings (SSSR count). The molecule has 2 aliphatic rings. The number of carbonyl (C=O) groups excluding carboxylic acids is 2. The van der Waals surface area contributed by atoms with Gasteiger partial charge in [-0.25, -0.2) is 13.2 Å². The Morgan fingerprint density at radius 3 is 2.14 bits per heavy atom. The molecule has 0 atom stereocenters. The van der Waals surface area contributed by atoms with Gasteiger partial charge in [0.15, 0.2) is 6.61 Å². The van der Waals surface area contributed by atoms with Crippen LogP contribution in [-0.4, -0.2) is 50.3 Å². The predicted molar refractivity (Wildman–Crippen MR) is 109 cm³/mol. The van der Waals surface area contributed by atoms with Gasteiger partial charge in [0.05, 0.1) is 10.5 Å². The topological polar surface area (TPSA) is 92.8 Å². The Labute approximate surface area is 172 Å². The molecule has 160 valence electrons. The van der Waals surface area contributed by atoms with Crippen molar-refractivity contribution >= 4 is 21.9 Å². The zero-order valence-electron chi connectivity index (χ0n) is 16.8. The fourth-order valence-electron chi connectivity index (χ4n) is 3.92. The van der Waals surface area contributed by atoms with Gasteiger partial charge in [0, 0.05) is 19.1 Å². The lowest BCUT2D eigenvalue weighted by Crippen LogP contribution is -2.38. The molecule has 1 amide bonds. The number of amides is 1. The summed E-state index contributed by atoms with van der Waals surface area (Å²) in [5.41, 5.74) is 0.227. The second-order valence-corrected chi connectivity index (χ2v) is 9.76. The largest absolute Gasteiger partial charge is 0.452 e. The Morgan fingerprint density at radius 2 is 1.52 bits per heavy atom. The second-order valence-electron chi connectivity index (χ2n) is 7.82. The van der Waals surface area contributed by atoms with Crippen molar-refractivity contribution in [1.82, 2.24) is 9.62 Å². The molecule has 2 fully saturated rings. The number of hydrogen-bond acceptors (Lipinski definition) is 5. The van der Waals surface area contributed by atoms with Gasteiger partial charge in [0.2, 0.25) is 10.0 Å². The molecule has 1 aromatic carbocycles. The first-order valence-electron chi connectivity index (χ1n) is 10.5. The minimum Gasteiger partial charge on any atom is -0.452 e. The summed E-state index contributed by atoms with van der Waals surface area (Å²) in [6, 6.07) is 5.90. The van der Waals surface area contributed by atoms with Crippen molar-refractivity contribution in [2.24, 2.45) is 0 Å². The summed E-state index contributed by atoms with van der Waals surface area (Å²) in [4.78, 5) is 24.3. The number of nitrogens with one attached hydrogen (secondary N) is 1. The summed E-state index contributed by atoms with van der Waals surface area (Å²) in [5, 5.41) is 2.90. The standard InChI is InChI=1S/C21H30N2O5S/c24-20(22-18-8-4-3-5-9-18)16-28-21(25)17-10-12-19(13-11-17)29(26,27)23-14-6-1-2-7-15-23/h10-13,18H,1-9,14-16H2,(H,22,24). The molecule has 0 radical (unpaired) electrons. The zero-order chi connectivity index (χ0) is 20.7. The van der Waals surface area contributed by atoms with Crippen LogP contribution >= 0.6 is 0 Å². The summed E-state index contributed by atoms with van der Waals surface area (Å²) in [6.07, 6.45) is 9.17. The molecule has 1 aliphatic heterocycles. The van der Waals surface area contributed by atoms with E-state index in [9.17, 15) is 18.0 Å². The highest BCUT2D eigenvalue weighted by Gasteiger charge is 2.25. The van der Waals surface area contributed by atoms with E-state index in [1.807, 2.05) is 0 Å². The van der Waals surface area contributed by atoms with Gasteiger partial charge < -0.3 is 10.1 Å². The highest BCUT2D eigenvalue weighted by molar-refractivity contribution is 7.89. The fraction of sp³-hybridized carbons (Fsp3) is 0.619. The predicted octanol–water partition coefficient (Wildman–Crippen LogP) is 2.86. The molecule has 1 heterocycles. The van der Waals surface area contributed by atoms with E-state index in [1.54, 1.807) is 0 Å². The number of nitrogens with zero attached hydrogens (tertiary/aromatic N) is 1. The molecular formula is C21H30N2O5S. The second kappa shape index (κ2) is 10.2. The van der Waals surface area contributed by atoms with E-state index in [-0.39, 0.29) is 29.0 Å². The average Bonchev–Trinajstić information content (AvgIpc) is 3.03. The summed E-state index contributed by atoms with van der Waals surface area (Å²) >= 11 is 0. The number of sulfonamides is 1. The third-order valence-corrected chi connectivity index (χ3v) is 7.51. The van der Waals surface area contributed by atoms with Crippen LogP contribution in [-0.2, 0) is 19.6 Å². The summed E-state index contributed by atoms with van der Waals surface area (Å²) in [7, 11) is -3.55. The Balaban J connectivity index is 1.53. The Morgan fingerprint density at radius 1 is 0.931 bits per heavy atom. The van der Waals surface area contributed by atoms with E-state index in [2.05, 4.69) is 5.32 Å². The minimum absolute atomic E-state index is 0.165. The zero-order valence-corrected chi connectivity index (χ0v) is 17.6. The maximum absolute atomic E-state index is 12.8. The van der Waals surface area contributed by atoms with E-state index >= 15 is 0 Å². The van der Waals surface area contributed by atoms with Gasteiger partial charge in [0.1, 0.15) is 0 Å². The van der Waals surface area contributed by atoms with Crippen LogP contribution in [0.2, 0.25) is 0 Å². The Bertz CT molecular complexity index is 793. The third-order valence-electron chi connectivity index (χ3n) is 5.60. The summed E-state index contributed by atoms with van der Waals surface area (Å²) in [6.45, 7) is 0.730. The summed E-state index contributed by atoms with van der Waals surface area (Å²) in [5.74, 6) is -0.937. The average molecular weight is 423 g/mol. The van der Waals surface area contributed by atoms with Crippen LogP contribution in [0.1, 0.15) is 68.1 Å². The molecular weight excluding hydrogens is 392 g/mol. The van der Waals surface area contributed by atoms with Crippen molar-refractivity contribution in [3.05, 3.63) is 29.8 Å². The van der Waals surface area contributed by atoms with Gasteiger partial charge >= 0.3 is 5.97 Å². The van der Waals surface area contributed by atoms with Crippen LogP contribution in [0, 0.1) is 0 Å². The number of hydrogen-bond donors (Lipinski definition) is 1. The van der Waals surface area contributed by atoms with E-state index in [0.717, 1.165) is 51.4 Å². The number of benzene rings is 1. The van der Waals surface area contributed by atoms with Gasteiger partial charge in [0.25, 0.3) is 5.91 Å². The van der Waals surface area contributed by atoms with Crippen molar-refractivity contribution in [3.8, 4) is 0 Å². The van der Waals surface area contributed by atoms with Crippen LogP contribution in [0.15, 0.2) is 29.2 Å². The molecule has 1 aromatic rings. The first-order chi connectivity index (χ1) is 14.0. The molecule has 8 heteroatoms. The molecule has 0 spiro atoms. The SMILES string of the molecule is O=C(COC(=O)c1ccc(S(=O)(=O)N2CCCCCC2)cc1)NC1CCCCC1.